The summed E-state index contributed by atoms with van der Waals surface area (Å²) in [5, 5.41) is 0. The van der Waals surface area contributed by atoms with E-state index in [1.807, 2.05) is 0 Å². The molecule has 1 fully saturated rings. The summed E-state index contributed by atoms with van der Waals surface area (Å²) in [6.07, 6.45) is 0.160. The molecule has 1 unspecified atom stereocenters. The van der Waals surface area contributed by atoms with Gasteiger partial charge in [-0.25, -0.2) is 0 Å². The minimum absolute atomic E-state index is 0.0468. The summed E-state index contributed by atoms with van der Waals surface area (Å²) >= 11 is 0. The van der Waals surface area contributed by atoms with E-state index in [0.29, 0.717) is 6.61 Å². The van der Waals surface area contributed by atoms with Crippen LogP contribution in [0.15, 0.2) is 11.5 Å². The lowest BCUT2D eigenvalue weighted by Crippen LogP contribution is -2.02. The third-order valence-electron chi connectivity index (χ3n) is 1.22. The summed E-state index contributed by atoms with van der Waals surface area (Å²) in [6, 6.07) is 0. The van der Waals surface area contributed by atoms with E-state index in [0.717, 1.165) is 0 Å². The maximum Gasteiger partial charge on any atom is 0.290 e. The molecular formula is C5H8O4S. The first-order chi connectivity index (χ1) is 4.50. The van der Waals surface area contributed by atoms with Gasteiger partial charge < -0.3 is 4.74 Å². The number of hydrogen-bond acceptors (Lipinski definition) is 3. The van der Waals surface area contributed by atoms with Crippen LogP contribution in [0, 0.1) is 0 Å². The van der Waals surface area contributed by atoms with Crippen LogP contribution in [0.3, 0.4) is 0 Å². The van der Waals surface area contributed by atoms with Crippen molar-refractivity contribution in [2.45, 2.75) is 12.5 Å². The Morgan fingerprint density at radius 3 is 2.60 bits per heavy atom. The first-order valence-corrected chi connectivity index (χ1v) is 4.21. The maximum atomic E-state index is 10.3. The second kappa shape index (κ2) is 2.34. The number of rotatable bonds is 3. The molecule has 0 saturated carbocycles. The lowest BCUT2D eigenvalue weighted by Gasteiger charge is -1.95. The molecule has 10 heavy (non-hydrogen) atoms. The van der Waals surface area contributed by atoms with Gasteiger partial charge in [-0.3, -0.25) is 4.55 Å². The third kappa shape index (κ3) is 2.09. The zero-order valence-corrected chi connectivity index (χ0v) is 6.10. The highest BCUT2D eigenvalue weighted by Crippen LogP contribution is 2.20. The lowest BCUT2D eigenvalue weighted by atomic mass is 10.3. The van der Waals surface area contributed by atoms with E-state index in [4.69, 9.17) is 9.29 Å². The van der Waals surface area contributed by atoms with E-state index in [-0.39, 0.29) is 17.4 Å². The Bertz CT molecular complexity index is 236. The quantitative estimate of drug-likeness (QED) is 0.477. The Morgan fingerprint density at radius 1 is 1.80 bits per heavy atom. The molecule has 0 radical (unpaired) electrons. The van der Waals surface area contributed by atoms with Crippen molar-refractivity contribution in [1.82, 2.24) is 0 Å². The highest BCUT2D eigenvalue weighted by Gasteiger charge is 2.26. The molecule has 0 bridgehead atoms. The van der Waals surface area contributed by atoms with Crippen LogP contribution < -0.4 is 0 Å². The van der Waals surface area contributed by atoms with Gasteiger partial charge in [0.15, 0.2) is 0 Å². The van der Waals surface area contributed by atoms with Crippen molar-refractivity contribution < 1.29 is 17.7 Å². The fourth-order valence-corrected chi connectivity index (χ4v) is 0.942. The first-order valence-electron chi connectivity index (χ1n) is 2.77. The van der Waals surface area contributed by atoms with Crippen LogP contribution in [-0.2, 0) is 14.9 Å². The molecule has 1 aliphatic rings. The molecule has 1 aliphatic heterocycles. The molecule has 0 aromatic heterocycles. The van der Waals surface area contributed by atoms with E-state index >= 15 is 0 Å². The van der Waals surface area contributed by atoms with Crippen LogP contribution in [0.2, 0.25) is 0 Å². The number of hydrogen-bond donors (Lipinski definition) is 1. The zero-order valence-electron chi connectivity index (χ0n) is 5.28. The molecule has 0 aromatic rings. The Balaban J connectivity index is 2.48. The zero-order chi connectivity index (χ0) is 7.78. The van der Waals surface area contributed by atoms with Crippen LogP contribution in [0.1, 0.15) is 6.42 Å². The Labute approximate surface area is 59.2 Å². The van der Waals surface area contributed by atoms with Gasteiger partial charge >= 0.3 is 0 Å². The minimum atomic E-state index is -4.03. The van der Waals surface area contributed by atoms with Crippen LogP contribution in [0.4, 0.5) is 0 Å². The Kier molecular flexibility index (Phi) is 1.80. The van der Waals surface area contributed by atoms with Gasteiger partial charge in [0.05, 0.1) is 17.6 Å². The molecule has 1 atom stereocenters. The van der Waals surface area contributed by atoms with Gasteiger partial charge in [-0.1, -0.05) is 6.58 Å². The predicted molar refractivity (Wildman–Crippen MR) is 35.0 cm³/mol. The summed E-state index contributed by atoms with van der Waals surface area (Å²) in [7, 11) is -4.03. The first kappa shape index (κ1) is 7.71. The Hall–Kier alpha value is -0.390. The van der Waals surface area contributed by atoms with Crippen LogP contribution >= 0.6 is 0 Å². The molecule has 4 nitrogen and oxygen atoms in total. The average Bonchev–Trinajstić information content (AvgIpc) is 2.47. The van der Waals surface area contributed by atoms with Gasteiger partial charge in [0.2, 0.25) is 0 Å². The molecule has 0 amide bonds. The molecule has 0 spiro atoms. The van der Waals surface area contributed by atoms with Crippen molar-refractivity contribution >= 4 is 10.1 Å². The monoisotopic (exact) mass is 164 g/mol. The van der Waals surface area contributed by atoms with Gasteiger partial charge in [-0.15, -0.1) is 0 Å². The van der Waals surface area contributed by atoms with Crippen LogP contribution in [0.5, 0.6) is 0 Å². The molecule has 1 rings (SSSR count). The fourth-order valence-electron chi connectivity index (χ4n) is 0.545. The summed E-state index contributed by atoms with van der Waals surface area (Å²) in [5.41, 5.74) is 0. The van der Waals surface area contributed by atoms with E-state index in [2.05, 4.69) is 6.58 Å². The largest absolute Gasteiger partial charge is 0.373 e. The van der Waals surface area contributed by atoms with Crippen LogP contribution in [-0.4, -0.2) is 25.7 Å². The van der Waals surface area contributed by atoms with Crippen molar-refractivity contribution in [1.29, 1.82) is 0 Å². The third-order valence-corrected chi connectivity index (χ3v) is 2.12. The highest BCUT2D eigenvalue weighted by molar-refractivity contribution is 7.89. The SMILES string of the molecule is C=C(CC1CO1)S(=O)(=O)O. The average molecular weight is 164 g/mol. The van der Waals surface area contributed by atoms with Crippen molar-refractivity contribution in [3.05, 3.63) is 11.5 Å². The van der Waals surface area contributed by atoms with E-state index < -0.39 is 10.1 Å². The minimum Gasteiger partial charge on any atom is -0.373 e. The van der Waals surface area contributed by atoms with Gasteiger partial charge in [0.25, 0.3) is 10.1 Å². The van der Waals surface area contributed by atoms with Crippen LogP contribution in [0.25, 0.3) is 0 Å². The Morgan fingerprint density at radius 2 is 2.30 bits per heavy atom. The van der Waals surface area contributed by atoms with Gasteiger partial charge in [0.1, 0.15) is 0 Å². The molecule has 1 heterocycles. The molecular weight excluding hydrogens is 156 g/mol. The molecule has 0 aromatic carbocycles. The van der Waals surface area contributed by atoms with E-state index in [9.17, 15) is 8.42 Å². The maximum absolute atomic E-state index is 10.3. The summed E-state index contributed by atoms with van der Waals surface area (Å²) < 4.78 is 33.7. The highest BCUT2D eigenvalue weighted by atomic mass is 32.2. The predicted octanol–water partition coefficient (Wildman–Crippen LogP) is 0.177. The topological polar surface area (TPSA) is 66.9 Å². The van der Waals surface area contributed by atoms with E-state index in [1.165, 1.54) is 0 Å². The molecule has 1 N–H and O–H groups in total. The second-order valence-corrected chi connectivity index (χ2v) is 3.70. The molecule has 58 valence electrons. The van der Waals surface area contributed by atoms with E-state index in [1.54, 1.807) is 0 Å². The smallest absolute Gasteiger partial charge is 0.290 e. The van der Waals surface area contributed by atoms with Crippen molar-refractivity contribution in [3.8, 4) is 0 Å². The summed E-state index contributed by atoms with van der Waals surface area (Å²) in [4.78, 5) is -0.171. The van der Waals surface area contributed by atoms with Gasteiger partial charge in [0, 0.05) is 6.42 Å². The van der Waals surface area contributed by atoms with Crippen molar-refractivity contribution in [2.24, 2.45) is 0 Å². The number of epoxide rings is 1. The lowest BCUT2D eigenvalue weighted by molar-refractivity contribution is 0.406. The molecule has 0 aliphatic carbocycles. The summed E-state index contributed by atoms with van der Waals surface area (Å²) in [5.74, 6) is 0. The number of ether oxygens (including phenoxy) is 1. The van der Waals surface area contributed by atoms with Crippen molar-refractivity contribution in [2.75, 3.05) is 6.61 Å². The molecule has 5 heteroatoms. The standard InChI is InChI=1S/C5H8O4S/c1-4(10(6,7)8)2-5-3-9-5/h5H,1-3H2,(H,6,7,8). The second-order valence-electron chi connectivity index (χ2n) is 2.17. The van der Waals surface area contributed by atoms with Gasteiger partial charge in [-0.05, 0) is 0 Å². The normalized spacial score (nSPS) is 24.3. The van der Waals surface area contributed by atoms with Gasteiger partial charge in [-0.2, -0.15) is 8.42 Å². The summed E-state index contributed by atoms with van der Waals surface area (Å²) in [6.45, 7) is 3.75. The van der Waals surface area contributed by atoms with Crippen molar-refractivity contribution in [3.63, 3.8) is 0 Å². The molecule has 1 saturated heterocycles. The fraction of sp³-hybridized carbons (Fsp3) is 0.600.